The van der Waals surface area contributed by atoms with Gasteiger partial charge in [-0.3, -0.25) is 5.32 Å². The van der Waals surface area contributed by atoms with Crippen molar-refractivity contribution < 1.29 is 9.90 Å². The highest BCUT2D eigenvalue weighted by atomic mass is 32.1. The quantitative estimate of drug-likeness (QED) is 0.783. The molecule has 7 heteroatoms. The van der Waals surface area contributed by atoms with E-state index in [9.17, 15) is 9.90 Å². The SMILES string of the molecule is O=C(Nc1cnsn1)NC1[C@@H]2CC[C@H]1CC(CO)C2. The monoisotopic (exact) mass is 282 g/mol. The van der Waals surface area contributed by atoms with Gasteiger partial charge in [0.2, 0.25) is 0 Å². The lowest BCUT2D eigenvalue weighted by atomic mass is 9.78. The second-order valence-corrected chi connectivity index (χ2v) is 6.09. The molecule has 1 heterocycles. The number of hydrogen-bond donors (Lipinski definition) is 3. The number of nitrogens with one attached hydrogen (secondary N) is 2. The highest BCUT2D eigenvalue weighted by Crippen LogP contribution is 2.44. The number of aliphatic hydroxyl groups excluding tert-OH is 1. The topological polar surface area (TPSA) is 87.1 Å². The molecule has 2 bridgehead atoms. The molecule has 2 aliphatic rings. The molecule has 2 aliphatic carbocycles. The third-order valence-corrected chi connectivity index (χ3v) is 4.83. The summed E-state index contributed by atoms with van der Waals surface area (Å²) in [6.07, 6.45) is 5.91. The number of hydrogen-bond acceptors (Lipinski definition) is 5. The summed E-state index contributed by atoms with van der Waals surface area (Å²) in [7, 11) is 0. The molecule has 2 fully saturated rings. The fourth-order valence-corrected chi connectivity index (χ4v) is 3.94. The Morgan fingerprint density at radius 3 is 2.74 bits per heavy atom. The van der Waals surface area contributed by atoms with Crippen molar-refractivity contribution in [3.63, 3.8) is 0 Å². The number of carbonyl (C=O) groups is 1. The van der Waals surface area contributed by atoms with Crippen LogP contribution in [0.15, 0.2) is 6.20 Å². The van der Waals surface area contributed by atoms with Gasteiger partial charge in [0.05, 0.1) is 17.9 Å². The average Bonchev–Trinajstić information content (AvgIpc) is 2.96. The third-order valence-electron chi connectivity index (χ3n) is 4.36. The Hall–Kier alpha value is -1.21. The van der Waals surface area contributed by atoms with Crippen molar-refractivity contribution in [3.05, 3.63) is 6.20 Å². The van der Waals surface area contributed by atoms with Crippen LogP contribution >= 0.6 is 11.7 Å². The first kappa shape index (κ1) is 12.8. The predicted octanol–water partition coefficient (Wildman–Crippen LogP) is 1.46. The van der Waals surface area contributed by atoms with Crippen LogP contribution < -0.4 is 10.6 Å². The largest absolute Gasteiger partial charge is 0.396 e. The van der Waals surface area contributed by atoms with E-state index in [4.69, 9.17) is 0 Å². The van der Waals surface area contributed by atoms with E-state index in [-0.39, 0.29) is 18.7 Å². The van der Waals surface area contributed by atoms with Gasteiger partial charge in [0.1, 0.15) is 0 Å². The highest BCUT2D eigenvalue weighted by Gasteiger charge is 2.43. The van der Waals surface area contributed by atoms with Crippen LogP contribution in [0.4, 0.5) is 10.6 Å². The standard InChI is InChI=1S/C12H18N4O2S/c17-6-7-3-8-1-2-9(4-7)11(8)15-12(18)14-10-5-13-19-16-10/h5,7-9,11,17H,1-4,6H2,(H2,14,15,16,18)/t7?,8-,9+,11?. The molecule has 2 saturated carbocycles. The molecule has 0 radical (unpaired) electrons. The number of anilines is 1. The zero-order valence-corrected chi connectivity index (χ0v) is 11.4. The van der Waals surface area contributed by atoms with Gasteiger partial charge in [0.25, 0.3) is 0 Å². The number of amides is 2. The average molecular weight is 282 g/mol. The van der Waals surface area contributed by atoms with Gasteiger partial charge in [-0.1, -0.05) is 0 Å². The number of carbonyl (C=O) groups excluding carboxylic acids is 1. The number of fused-ring (bicyclic) bond motifs is 2. The molecule has 0 saturated heterocycles. The van der Waals surface area contributed by atoms with Crippen LogP contribution in [-0.2, 0) is 0 Å². The molecular formula is C12H18N4O2S. The molecular weight excluding hydrogens is 264 g/mol. The summed E-state index contributed by atoms with van der Waals surface area (Å²) in [4.78, 5) is 11.9. The van der Waals surface area contributed by atoms with Gasteiger partial charge in [0.15, 0.2) is 5.82 Å². The summed E-state index contributed by atoms with van der Waals surface area (Å²) in [6, 6.07) is 0.0476. The maximum absolute atomic E-state index is 11.9. The minimum absolute atomic E-state index is 0.197. The first-order chi connectivity index (χ1) is 9.26. The van der Waals surface area contributed by atoms with Gasteiger partial charge in [0, 0.05) is 12.6 Å². The smallest absolute Gasteiger partial charge is 0.320 e. The van der Waals surface area contributed by atoms with Crippen LogP contribution in [0.5, 0.6) is 0 Å². The summed E-state index contributed by atoms with van der Waals surface area (Å²) in [5.41, 5.74) is 0. The molecule has 0 spiro atoms. The van der Waals surface area contributed by atoms with Crippen molar-refractivity contribution in [1.29, 1.82) is 0 Å². The number of aromatic nitrogens is 2. The van der Waals surface area contributed by atoms with E-state index >= 15 is 0 Å². The normalized spacial score (nSPS) is 33.1. The fourth-order valence-electron chi connectivity index (χ4n) is 3.56. The number of nitrogens with zero attached hydrogens (tertiary/aromatic N) is 2. The second kappa shape index (κ2) is 5.42. The first-order valence-electron chi connectivity index (χ1n) is 6.72. The van der Waals surface area contributed by atoms with Crippen molar-refractivity contribution in [3.8, 4) is 0 Å². The molecule has 1 aromatic heterocycles. The second-order valence-electron chi connectivity index (χ2n) is 5.53. The molecule has 19 heavy (non-hydrogen) atoms. The summed E-state index contributed by atoms with van der Waals surface area (Å²) >= 11 is 1.07. The minimum atomic E-state index is -0.197. The van der Waals surface area contributed by atoms with Crippen LogP contribution in [0.25, 0.3) is 0 Å². The molecule has 2 amide bonds. The summed E-state index contributed by atoms with van der Waals surface area (Å²) in [6.45, 7) is 0.274. The molecule has 104 valence electrons. The van der Waals surface area contributed by atoms with E-state index in [2.05, 4.69) is 19.4 Å². The lowest BCUT2D eigenvalue weighted by molar-refractivity contribution is 0.132. The van der Waals surface area contributed by atoms with Crippen LogP contribution in [0.2, 0.25) is 0 Å². The number of rotatable bonds is 3. The Balaban J connectivity index is 1.57. The predicted molar refractivity (Wildman–Crippen MR) is 71.9 cm³/mol. The van der Waals surface area contributed by atoms with Crippen LogP contribution in [0, 0.1) is 17.8 Å². The van der Waals surface area contributed by atoms with Crippen LogP contribution in [0.3, 0.4) is 0 Å². The highest BCUT2D eigenvalue weighted by molar-refractivity contribution is 6.99. The van der Waals surface area contributed by atoms with Crippen molar-refractivity contribution in [2.24, 2.45) is 17.8 Å². The Morgan fingerprint density at radius 2 is 2.16 bits per heavy atom. The van der Waals surface area contributed by atoms with E-state index in [0.717, 1.165) is 37.4 Å². The van der Waals surface area contributed by atoms with Gasteiger partial charge in [-0.15, -0.1) is 0 Å². The maximum Gasteiger partial charge on any atom is 0.320 e. The Labute approximate surface area is 115 Å². The van der Waals surface area contributed by atoms with E-state index in [1.165, 1.54) is 0 Å². The Bertz CT molecular complexity index is 425. The molecule has 0 aliphatic heterocycles. The van der Waals surface area contributed by atoms with Gasteiger partial charge in [-0.2, -0.15) is 8.75 Å². The van der Waals surface area contributed by atoms with E-state index in [0.29, 0.717) is 23.6 Å². The van der Waals surface area contributed by atoms with Gasteiger partial charge in [-0.05, 0) is 43.4 Å². The maximum atomic E-state index is 11.9. The minimum Gasteiger partial charge on any atom is -0.396 e. The fraction of sp³-hybridized carbons (Fsp3) is 0.750. The molecule has 0 aromatic carbocycles. The van der Waals surface area contributed by atoms with E-state index in [1.807, 2.05) is 0 Å². The van der Waals surface area contributed by atoms with E-state index < -0.39 is 0 Å². The summed E-state index contributed by atoms with van der Waals surface area (Å²) < 4.78 is 7.80. The summed E-state index contributed by atoms with van der Waals surface area (Å²) in [5.74, 6) is 1.94. The molecule has 2 unspecified atom stereocenters. The van der Waals surface area contributed by atoms with Gasteiger partial charge >= 0.3 is 6.03 Å². The zero-order chi connectivity index (χ0) is 13.2. The van der Waals surface area contributed by atoms with Crippen molar-refractivity contribution >= 4 is 23.6 Å². The van der Waals surface area contributed by atoms with Gasteiger partial charge in [-0.25, -0.2) is 4.79 Å². The van der Waals surface area contributed by atoms with Crippen molar-refractivity contribution in [1.82, 2.24) is 14.1 Å². The Kier molecular flexibility index (Phi) is 3.65. The molecule has 4 atom stereocenters. The number of aliphatic hydroxyl groups is 1. The number of urea groups is 1. The van der Waals surface area contributed by atoms with Crippen molar-refractivity contribution in [2.75, 3.05) is 11.9 Å². The third kappa shape index (κ3) is 2.71. The lowest BCUT2D eigenvalue weighted by Crippen LogP contribution is -2.47. The Morgan fingerprint density at radius 1 is 1.42 bits per heavy atom. The zero-order valence-electron chi connectivity index (χ0n) is 10.6. The molecule has 6 nitrogen and oxygen atoms in total. The van der Waals surface area contributed by atoms with Crippen molar-refractivity contribution in [2.45, 2.75) is 31.7 Å². The van der Waals surface area contributed by atoms with Crippen LogP contribution in [-0.4, -0.2) is 32.5 Å². The van der Waals surface area contributed by atoms with E-state index in [1.54, 1.807) is 6.20 Å². The summed E-state index contributed by atoms with van der Waals surface area (Å²) in [5, 5.41) is 15.0. The van der Waals surface area contributed by atoms with Gasteiger partial charge < -0.3 is 10.4 Å². The first-order valence-corrected chi connectivity index (χ1v) is 7.45. The molecule has 3 rings (SSSR count). The van der Waals surface area contributed by atoms with Crippen LogP contribution in [0.1, 0.15) is 25.7 Å². The molecule has 1 aromatic rings. The molecule has 3 N–H and O–H groups in total. The lowest BCUT2D eigenvalue weighted by Gasteiger charge is -2.34.